The lowest BCUT2D eigenvalue weighted by molar-refractivity contribution is -0.136. The van der Waals surface area contributed by atoms with Gasteiger partial charge in [0.2, 0.25) is 0 Å². The number of benzene rings is 2. The Morgan fingerprint density at radius 1 is 1.14 bits per heavy atom. The second-order valence-electron chi connectivity index (χ2n) is 8.93. The van der Waals surface area contributed by atoms with Crippen LogP contribution in [0.15, 0.2) is 36.4 Å². The fourth-order valence-corrected chi connectivity index (χ4v) is 4.35. The molecule has 0 radical (unpaired) electrons. The monoisotopic (exact) mass is 380 g/mol. The molecule has 3 rings (SSSR count). The van der Waals surface area contributed by atoms with Gasteiger partial charge >= 0.3 is 5.97 Å². The van der Waals surface area contributed by atoms with Gasteiger partial charge in [0.25, 0.3) is 0 Å². The summed E-state index contributed by atoms with van der Waals surface area (Å²) < 4.78 is 6.08. The zero-order valence-electron chi connectivity index (χ0n) is 17.7. The number of carboxylic acids is 1. The molecule has 0 saturated heterocycles. The number of carboxylic acid groups (broad SMARTS) is 1. The van der Waals surface area contributed by atoms with E-state index in [9.17, 15) is 4.79 Å². The van der Waals surface area contributed by atoms with Crippen LogP contribution in [0.25, 0.3) is 0 Å². The molecular formula is C25H32O3. The number of ether oxygens (including phenoxy) is 1. The summed E-state index contributed by atoms with van der Waals surface area (Å²) in [4.78, 5) is 11.0. The minimum atomic E-state index is -0.794. The Balaban J connectivity index is 2.06. The molecule has 1 heterocycles. The van der Waals surface area contributed by atoms with Crippen molar-refractivity contribution in [3.8, 4) is 5.75 Å². The standard InChI is InChI=1S/C25H32O3/c1-6-18-14-20(15-21-24(18)28-12-11-25(21,4)5)23(16(2)3)19-9-7-17(8-10-19)13-22(26)27/h7-10,14-16,23H,6,11-13H2,1-5H3,(H,26,27). The van der Waals surface area contributed by atoms with E-state index in [4.69, 9.17) is 9.84 Å². The predicted molar refractivity (Wildman–Crippen MR) is 113 cm³/mol. The molecule has 1 aliphatic rings. The number of aryl methyl sites for hydroxylation is 1. The molecular weight excluding hydrogens is 348 g/mol. The average molecular weight is 381 g/mol. The molecule has 3 nitrogen and oxygen atoms in total. The molecule has 28 heavy (non-hydrogen) atoms. The molecule has 1 N–H and O–H groups in total. The lowest BCUT2D eigenvalue weighted by atomic mass is 9.74. The van der Waals surface area contributed by atoms with Gasteiger partial charge in [-0.1, -0.05) is 71.0 Å². The molecule has 0 aromatic heterocycles. The molecule has 1 unspecified atom stereocenters. The third-order valence-corrected chi connectivity index (χ3v) is 5.99. The van der Waals surface area contributed by atoms with Gasteiger partial charge in [0.05, 0.1) is 13.0 Å². The Kier molecular flexibility index (Phi) is 5.83. The second-order valence-corrected chi connectivity index (χ2v) is 8.93. The lowest BCUT2D eigenvalue weighted by Crippen LogP contribution is -2.28. The summed E-state index contributed by atoms with van der Waals surface area (Å²) in [6.45, 7) is 12.1. The predicted octanol–water partition coefficient (Wildman–Crippen LogP) is 5.72. The van der Waals surface area contributed by atoms with Crippen LogP contribution in [0.1, 0.15) is 74.8 Å². The maximum atomic E-state index is 11.0. The van der Waals surface area contributed by atoms with Crippen LogP contribution in [0, 0.1) is 5.92 Å². The maximum absolute atomic E-state index is 11.0. The summed E-state index contributed by atoms with van der Waals surface area (Å²) in [7, 11) is 0. The van der Waals surface area contributed by atoms with Crippen molar-refractivity contribution in [2.45, 2.75) is 65.2 Å². The Bertz CT molecular complexity index is 847. The molecule has 0 aliphatic carbocycles. The molecule has 0 saturated carbocycles. The Labute approximate surface area is 168 Å². The molecule has 0 fully saturated rings. The topological polar surface area (TPSA) is 46.5 Å². The van der Waals surface area contributed by atoms with Crippen LogP contribution in [0.2, 0.25) is 0 Å². The van der Waals surface area contributed by atoms with Crippen molar-refractivity contribution < 1.29 is 14.6 Å². The van der Waals surface area contributed by atoms with Crippen molar-refractivity contribution in [1.29, 1.82) is 0 Å². The molecule has 2 aromatic rings. The van der Waals surface area contributed by atoms with E-state index < -0.39 is 5.97 Å². The Hall–Kier alpha value is -2.29. The van der Waals surface area contributed by atoms with Gasteiger partial charge in [-0.15, -0.1) is 0 Å². The summed E-state index contributed by atoms with van der Waals surface area (Å²) >= 11 is 0. The van der Waals surface area contributed by atoms with E-state index in [-0.39, 0.29) is 17.8 Å². The van der Waals surface area contributed by atoms with Crippen molar-refractivity contribution in [3.63, 3.8) is 0 Å². The number of rotatable bonds is 6. The van der Waals surface area contributed by atoms with Gasteiger partial charge in [-0.25, -0.2) is 0 Å². The van der Waals surface area contributed by atoms with E-state index in [1.54, 1.807) is 0 Å². The maximum Gasteiger partial charge on any atom is 0.307 e. The summed E-state index contributed by atoms with van der Waals surface area (Å²) in [5, 5.41) is 9.02. The highest BCUT2D eigenvalue weighted by Crippen LogP contribution is 2.44. The SMILES string of the molecule is CCc1cc(C(c2ccc(CC(=O)O)cc2)C(C)C)cc2c1OCCC2(C)C. The van der Waals surface area contributed by atoms with E-state index in [2.05, 4.69) is 58.9 Å². The smallest absolute Gasteiger partial charge is 0.307 e. The first-order valence-corrected chi connectivity index (χ1v) is 10.3. The van der Waals surface area contributed by atoms with Gasteiger partial charge in [-0.2, -0.15) is 0 Å². The highest BCUT2D eigenvalue weighted by atomic mass is 16.5. The summed E-state index contributed by atoms with van der Waals surface area (Å²) in [5.41, 5.74) is 6.12. The van der Waals surface area contributed by atoms with Crippen molar-refractivity contribution in [2.24, 2.45) is 5.92 Å². The van der Waals surface area contributed by atoms with Crippen LogP contribution < -0.4 is 4.74 Å². The molecule has 1 aliphatic heterocycles. The van der Waals surface area contributed by atoms with Gasteiger partial charge in [0, 0.05) is 11.5 Å². The quantitative estimate of drug-likeness (QED) is 0.697. The number of hydrogen-bond donors (Lipinski definition) is 1. The second kappa shape index (κ2) is 7.98. The normalized spacial score (nSPS) is 16.4. The third-order valence-electron chi connectivity index (χ3n) is 5.99. The Morgan fingerprint density at radius 2 is 1.82 bits per heavy atom. The fourth-order valence-electron chi connectivity index (χ4n) is 4.35. The van der Waals surface area contributed by atoms with Gasteiger partial charge in [-0.3, -0.25) is 4.79 Å². The van der Waals surface area contributed by atoms with Crippen LogP contribution in [-0.2, 0) is 23.1 Å². The first-order valence-electron chi connectivity index (χ1n) is 10.3. The minimum Gasteiger partial charge on any atom is -0.493 e. The summed E-state index contributed by atoms with van der Waals surface area (Å²) in [6, 6.07) is 12.8. The molecule has 0 spiro atoms. The van der Waals surface area contributed by atoms with Crippen LogP contribution >= 0.6 is 0 Å². The lowest BCUT2D eigenvalue weighted by Gasteiger charge is -2.35. The molecule has 150 valence electrons. The number of aliphatic carboxylic acids is 1. The van der Waals surface area contributed by atoms with Crippen LogP contribution in [0.5, 0.6) is 5.75 Å². The van der Waals surface area contributed by atoms with Crippen molar-refractivity contribution >= 4 is 5.97 Å². The van der Waals surface area contributed by atoms with Gasteiger partial charge < -0.3 is 9.84 Å². The molecule has 0 amide bonds. The number of hydrogen-bond acceptors (Lipinski definition) is 2. The minimum absolute atomic E-state index is 0.0664. The van der Waals surface area contributed by atoms with Crippen molar-refractivity contribution in [1.82, 2.24) is 0 Å². The van der Waals surface area contributed by atoms with Crippen molar-refractivity contribution in [3.05, 3.63) is 64.2 Å². The van der Waals surface area contributed by atoms with Crippen LogP contribution in [0.4, 0.5) is 0 Å². The third kappa shape index (κ3) is 4.09. The van der Waals surface area contributed by atoms with Crippen molar-refractivity contribution in [2.75, 3.05) is 6.61 Å². The summed E-state index contributed by atoms with van der Waals surface area (Å²) in [5.74, 6) is 0.993. The first kappa shape index (κ1) is 20.4. The van der Waals surface area contributed by atoms with Gasteiger partial charge in [0.1, 0.15) is 5.75 Å². The van der Waals surface area contributed by atoms with Gasteiger partial charge in [-0.05, 0) is 46.4 Å². The average Bonchev–Trinajstić information content (AvgIpc) is 2.62. The van der Waals surface area contributed by atoms with Gasteiger partial charge in [0.15, 0.2) is 0 Å². The van der Waals surface area contributed by atoms with E-state index in [1.165, 1.54) is 22.3 Å². The first-order chi connectivity index (χ1) is 13.2. The van der Waals surface area contributed by atoms with E-state index in [0.717, 1.165) is 30.8 Å². The Morgan fingerprint density at radius 3 is 2.39 bits per heavy atom. The van der Waals surface area contributed by atoms with E-state index >= 15 is 0 Å². The molecule has 0 bridgehead atoms. The highest BCUT2D eigenvalue weighted by Gasteiger charge is 2.32. The zero-order chi connectivity index (χ0) is 20.5. The van der Waals surface area contributed by atoms with E-state index in [0.29, 0.717) is 5.92 Å². The number of carbonyl (C=O) groups is 1. The van der Waals surface area contributed by atoms with E-state index in [1.807, 2.05) is 12.1 Å². The van der Waals surface area contributed by atoms with Crippen LogP contribution in [-0.4, -0.2) is 17.7 Å². The van der Waals surface area contributed by atoms with Crippen LogP contribution in [0.3, 0.4) is 0 Å². The fraction of sp³-hybridized carbons (Fsp3) is 0.480. The molecule has 3 heteroatoms. The summed E-state index contributed by atoms with van der Waals surface area (Å²) in [6.07, 6.45) is 2.05. The number of fused-ring (bicyclic) bond motifs is 1. The zero-order valence-corrected chi connectivity index (χ0v) is 17.7. The largest absolute Gasteiger partial charge is 0.493 e. The molecule has 2 aromatic carbocycles. The molecule has 1 atom stereocenters. The highest BCUT2D eigenvalue weighted by molar-refractivity contribution is 5.70.